The molecule has 2 aromatic carbocycles. The van der Waals surface area contributed by atoms with Gasteiger partial charge >= 0.3 is 0 Å². The molecule has 8 heteroatoms. The number of anilines is 1. The molecular formula is C23H29N3O4S. The van der Waals surface area contributed by atoms with Gasteiger partial charge in [0.25, 0.3) is 0 Å². The molecule has 1 aliphatic rings. The van der Waals surface area contributed by atoms with Gasteiger partial charge < -0.3 is 10.2 Å². The lowest BCUT2D eigenvalue weighted by molar-refractivity contribution is -0.132. The molecule has 3 rings (SSSR count). The number of hydrogen-bond donors (Lipinski definition) is 2. The minimum atomic E-state index is -3.72. The Hall–Kier alpha value is -2.71. The average molecular weight is 444 g/mol. The van der Waals surface area contributed by atoms with E-state index in [2.05, 4.69) is 10.0 Å². The summed E-state index contributed by atoms with van der Waals surface area (Å²) in [5.74, 6) is -0.361. The maximum Gasteiger partial charge on any atom is 0.241 e. The van der Waals surface area contributed by atoms with Crippen LogP contribution in [0.15, 0.2) is 53.4 Å². The molecule has 0 aliphatic carbocycles. The topological polar surface area (TPSA) is 95.6 Å². The lowest BCUT2D eigenvalue weighted by Gasteiger charge is -2.36. The van der Waals surface area contributed by atoms with E-state index < -0.39 is 15.6 Å². The smallest absolute Gasteiger partial charge is 0.241 e. The van der Waals surface area contributed by atoms with Crippen LogP contribution in [0.25, 0.3) is 0 Å². The Kier molecular flexibility index (Phi) is 6.52. The number of rotatable bonds is 5. The molecule has 0 saturated carbocycles. The fourth-order valence-corrected chi connectivity index (χ4v) is 5.30. The summed E-state index contributed by atoms with van der Waals surface area (Å²) in [7, 11) is -3.72. The van der Waals surface area contributed by atoms with Crippen LogP contribution in [0, 0.1) is 0 Å². The molecule has 2 amide bonds. The SMILES string of the molecule is CC(=O)N1CCc2ccccc2C1CC(=O)Nc1cccc(S(=O)(=O)NC(C)(C)C)c1. The molecule has 0 spiro atoms. The first-order valence-corrected chi connectivity index (χ1v) is 11.7. The van der Waals surface area contributed by atoms with Gasteiger partial charge in [-0.2, -0.15) is 0 Å². The predicted molar refractivity (Wildman–Crippen MR) is 120 cm³/mol. The third kappa shape index (κ3) is 5.71. The molecule has 2 N–H and O–H groups in total. The van der Waals surface area contributed by atoms with E-state index in [4.69, 9.17) is 0 Å². The van der Waals surface area contributed by atoms with E-state index in [1.165, 1.54) is 19.1 Å². The molecule has 0 bridgehead atoms. The van der Waals surface area contributed by atoms with Crippen molar-refractivity contribution in [2.75, 3.05) is 11.9 Å². The van der Waals surface area contributed by atoms with Crippen LogP contribution >= 0.6 is 0 Å². The van der Waals surface area contributed by atoms with E-state index >= 15 is 0 Å². The highest BCUT2D eigenvalue weighted by atomic mass is 32.2. The Labute approximate surface area is 183 Å². The minimum absolute atomic E-state index is 0.0753. The summed E-state index contributed by atoms with van der Waals surface area (Å²) in [6.45, 7) is 7.36. The van der Waals surface area contributed by atoms with Gasteiger partial charge in [-0.05, 0) is 56.5 Å². The van der Waals surface area contributed by atoms with E-state index in [9.17, 15) is 18.0 Å². The molecular weight excluding hydrogens is 414 g/mol. The summed E-state index contributed by atoms with van der Waals surface area (Å²) in [5.41, 5.74) is 1.88. The second-order valence-corrected chi connectivity index (χ2v) is 10.5. The third-order valence-electron chi connectivity index (χ3n) is 5.06. The van der Waals surface area contributed by atoms with Crippen molar-refractivity contribution in [2.45, 2.75) is 57.0 Å². The molecule has 2 aromatic rings. The summed E-state index contributed by atoms with van der Waals surface area (Å²) in [6, 6.07) is 13.6. The number of benzene rings is 2. The molecule has 31 heavy (non-hydrogen) atoms. The van der Waals surface area contributed by atoms with Crippen molar-refractivity contribution in [2.24, 2.45) is 0 Å². The van der Waals surface area contributed by atoms with Gasteiger partial charge in [-0.1, -0.05) is 30.3 Å². The Morgan fingerprint density at radius 3 is 2.48 bits per heavy atom. The van der Waals surface area contributed by atoms with Crippen molar-refractivity contribution in [1.82, 2.24) is 9.62 Å². The number of hydrogen-bond acceptors (Lipinski definition) is 4. The van der Waals surface area contributed by atoms with E-state index in [1.54, 1.807) is 37.8 Å². The monoisotopic (exact) mass is 443 g/mol. The fourth-order valence-electron chi connectivity index (χ4n) is 3.84. The molecule has 0 saturated heterocycles. The maximum atomic E-state index is 12.8. The van der Waals surface area contributed by atoms with Crippen molar-refractivity contribution in [3.8, 4) is 0 Å². The van der Waals surface area contributed by atoms with E-state index in [1.807, 2.05) is 24.3 Å². The van der Waals surface area contributed by atoms with Crippen LogP contribution in [0.3, 0.4) is 0 Å². The molecule has 166 valence electrons. The van der Waals surface area contributed by atoms with Crippen molar-refractivity contribution >= 4 is 27.5 Å². The second-order valence-electron chi connectivity index (χ2n) is 8.81. The van der Waals surface area contributed by atoms with E-state index in [0.717, 1.165) is 17.5 Å². The summed E-state index contributed by atoms with van der Waals surface area (Å²) >= 11 is 0. The van der Waals surface area contributed by atoms with Crippen LogP contribution in [-0.4, -0.2) is 37.2 Å². The number of amides is 2. The van der Waals surface area contributed by atoms with Crippen LogP contribution in [0.5, 0.6) is 0 Å². The zero-order valence-corrected chi connectivity index (χ0v) is 19.1. The van der Waals surface area contributed by atoms with Crippen LogP contribution in [-0.2, 0) is 26.0 Å². The minimum Gasteiger partial charge on any atom is -0.335 e. The highest BCUT2D eigenvalue weighted by Gasteiger charge is 2.30. The molecule has 1 unspecified atom stereocenters. The first kappa shape index (κ1) is 23.0. The Balaban J connectivity index is 1.79. The van der Waals surface area contributed by atoms with Gasteiger partial charge in [0.05, 0.1) is 17.4 Å². The summed E-state index contributed by atoms with van der Waals surface area (Å²) < 4.78 is 27.8. The number of nitrogens with zero attached hydrogens (tertiary/aromatic N) is 1. The molecule has 7 nitrogen and oxygen atoms in total. The van der Waals surface area contributed by atoms with E-state index in [0.29, 0.717) is 12.2 Å². The van der Waals surface area contributed by atoms with Crippen molar-refractivity contribution in [1.29, 1.82) is 0 Å². The molecule has 0 aromatic heterocycles. The van der Waals surface area contributed by atoms with Crippen molar-refractivity contribution in [3.05, 3.63) is 59.7 Å². The first-order valence-electron chi connectivity index (χ1n) is 10.3. The number of fused-ring (bicyclic) bond motifs is 1. The Bertz CT molecular complexity index is 1090. The summed E-state index contributed by atoms with van der Waals surface area (Å²) in [4.78, 5) is 26.8. The van der Waals surface area contributed by atoms with Crippen LogP contribution < -0.4 is 10.0 Å². The molecule has 0 fully saturated rings. The Morgan fingerprint density at radius 2 is 1.81 bits per heavy atom. The van der Waals surface area contributed by atoms with Gasteiger partial charge in [0, 0.05) is 24.7 Å². The lowest BCUT2D eigenvalue weighted by Crippen LogP contribution is -2.40. The number of sulfonamides is 1. The molecule has 1 aliphatic heterocycles. The van der Waals surface area contributed by atoms with Crippen LogP contribution in [0.2, 0.25) is 0 Å². The second kappa shape index (κ2) is 8.80. The van der Waals surface area contributed by atoms with Crippen molar-refractivity contribution in [3.63, 3.8) is 0 Å². The highest BCUT2D eigenvalue weighted by Crippen LogP contribution is 2.32. The standard InChI is InChI=1S/C23H29N3O4S/c1-16(27)26-13-12-17-8-5-6-11-20(17)21(26)15-22(28)24-18-9-7-10-19(14-18)31(29,30)25-23(2,3)4/h5-11,14,21,25H,12-13,15H2,1-4H3,(H,24,28). The van der Waals surface area contributed by atoms with Gasteiger partial charge in [-0.25, -0.2) is 13.1 Å². The zero-order valence-electron chi connectivity index (χ0n) is 18.3. The molecule has 1 atom stereocenters. The van der Waals surface area contributed by atoms with Gasteiger partial charge in [-0.3, -0.25) is 9.59 Å². The van der Waals surface area contributed by atoms with Crippen LogP contribution in [0.4, 0.5) is 5.69 Å². The van der Waals surface area contributed by atoms with Crippen molar-refractivity contribution < 1.29 is 18.0 Å². The lowest BCUT2D eigenvalue weighted by atomic mass is 9.90. The predicted octanol–water partition coefficient (Wildman–Crippen LogP) is 3.24. The fraction of sp³-hybridized carbons (Fsp3) is 0.391. The Morgan fingerprint density at radius 1 is 1.10 bits per heavy atom. The summed E-state index contributed by atoms with van der Waals surface area (Å²) in [5, 5.41) is 2.79. The quantitative estimate of drug-likeness (QED) is 0.742. The first-order chi connectivity index (χ1) is 14.5. The highest BCUT2D eigenvalue weighted by molar-refractivity contribution is 7.89. The summed E-state index contributed by atoms with van der Waals surface area (Å²) in [6.07, 6.45) is 0.850. The largest absolute Gasteiger partial charge is 0.335 e. The molecule has 0 radical (unpaired) electrons. The number of carbonyl (C=O) groups excluding carboxylic acids is 2. The van der Waals surface area contributed by atoms with Crippen LogP contribution in [0.1, 0.15) is 51.3 Å². The zero-order chi connectivity index (χ0) is 22.8. The van der Waals surface area contributed by atoms with Gasteiger partial charge in [0.2, 0.25) is 21.8 Å². The average Bonchev–Trinajstić information content (AvgIpc) is 2.66. The van der Waals surface area contributed by atoms with Gasteiger partial charge in [-0.15, -0.1) is 0 Å². The maximum absolute atomic E-state index is 12.8. The van der Waals surface area contributed by atoms with Gasteiger partial charge in [0.15, 0.2) is 0 Å². The normalized spacial score (nSPS) is 16.5. The number of nitrogens with one attached hydrogen (secondary N) is 2. The van der Waals surface area contributed by atoms with E-state index in [-0.39, 0.29) is 29.2 Å². The number of carbonyl (C=O) groups is 2. The molecule has 1 heterocycles. The van der Waals surface area contributed by atoms with Gasteiger partial charge in [0.1, 0.15) is 0 Å². The third-order valence-corrected chi connectivity index (χ3v) is 6.82.